The molecule has 2 aromatic rings. The molecule has 1 aromatic carbocycles. The number of fused-ring (bicyclic) bond motifs is 3. The number of nitrogens with zero attached hydrogens (tertiary/aromatic N) is 1. The minimum Gasteiger partial charge on any atom is -0.493 e. The first-order valence-corrected chi connectivity index (χ1v) is 9.05. The number of carbonyl (C=O) groups excluding carboxylic acids is 1. The first-order chi connectivity index (χ1) is 12.6. The molecule has 1 saturated carbocycles. The summed E-state index contributed by atoms with van der Waals surface area (Å²) in [5.41, 5.74) is 1.40. The quantitative estimate of drug-likeness (QED) is 0.839. The van der Waals surface area contributed by atoms with Gasteiger partial charge in [0, 0.05) is 43.0 Å². The van der Waals surface area contributed by atoms with Crippen LogP contribution in [-0.2, 0) is 4.74 Å². The van der Waals surface area contributed by atoms with Gasteiger partial charge in [-0.15, -0.1) is 0 Å². The molecule has 1 aromatic heterocycles. The van der Waals surface area contributed by atoms with Crippen LogP contribution in [0.1, 0.15) is 29.0 Å². The summed E-state index contributed by atoms with van der Waals surface area (Å²) >= 11 is 0. The highest BCUT2D eigenvalue weighted by molar-refractivity contribution is 6.01. The van der Waals surface area contributed by atoms with Crippen LogP contribution >= 0.6 is 0 Å². The molecule has 6 nitrogen and oxygen atoms in total. The molecule has 2 aliphatic rings. The zero-order chi connectivity index (χ0) is 18.4. The number of aryl methyl sites for hydroxylation is 1. The van der Waals surface area contributed by atoms with Gasteiger partial charge in [-0.1, -0.05) is 0 Å². The molecule has 3 atom stereocenters. The van der Waals surface area contributed by atoms with E-state index in [1.54, 1.807) is 21.3 Å². The molecule has 4 rings (SSSR count). The lowest BCUT2D eigenvalue weighted by Crippen LogP contribution is -2.48. The fourth-order valence-corrected chi connectivity index (χ4v) is 4.67. The molecule has 0 radical (unpaired) electrons. The predicted octanol–water partition coefficient (Wildman–Crippen LogP) is 3.26. The van der Waals surface area contributed by atoms with Crippen molar-refractivity contribution in [1.29, 1.82) is 0 Å². The van der Waals surface area contributed by atoms with Gasteiger partial charge in [-0.25, -0.2) is 0 Å². The van der Waals surface area contributed by atoms with Crippen molar-refractivity contribution in [3.63, 3.8) is 0 Å². The average Bonchev–Trinajstić information content (AvgIpc) is 3.12. The number of likely N-dealkylation sites (tertiary alicyclic amines) is 1. The largest absolute Gasteiger partial charge is 0.493 e. The van der Waals surface area contributed by atoms with E-state index >= 15 is 0 Å². The third kappa shape index (κ3) is 2.47. The topological polar surface area (TPSA) is 61.1 Å². The van der Waals surface area contributed by atoms with Crippen molar-refractivity contribution in [1.82, 2.24) is 4.90 Å². The Hall–Kier alpha value is -2.21. The number of amides is 1. The molecule has 1 aliphatic heterocycles. The normalized spacial score (nSPS) is 24.9. The second-order valence-corrected chi connectivity index (χ2v) is 7.24. The molecule has 26 heavy (non-hydrogen) atoms. The van der Waals surface area contributed by atoms with Crippen LogP contribution in [0.25, 0.3) is 11.0 Å². The fraction of sp³-hybridized carbons (Fsp3) is 0.550. The Labute approximate surface area is 153 Å². The summed E-state index contributed by atoms with van der Waals surface area (Å²) in [4.78, 5) is 15.1. The van der Waals surface area contributed by atoms with Crippen LogP contribution in [-0.4, -0.2) is 51.3 Å². The van der Waals surface area contributed by atoms with Gasteiger partial charge in [-0.05, 0) is 31.9 Å². The third-order valence-corrected chi connectivity index (χ3v) is 5.95. The molecule has 1 aliphatic carbocycles. The molecule has 6 heteroatoms. The second-order valence-electron chi connectivity index (χ2n) is 7.24. The van der Waals surface area contributed by atoms with E-state index in [1.165, 1.54) is 0 Å². The van der Waals surface area contributed by atoms with Crippen LogP contribution in [0.2, 0.25) is 0 Å². The zero-order valence-corrected chi connectivity index (χ0v) is 15.7. The van der Waals surface area contributed by atoms with Crippen molar-refractivity contribution in [2.24, 2.45) is 11.8 Å². The Kier molecular flexibility index (Phi) is 4.31. The number of carbonyl (C=O) groups is 1. The first-order valence-electron chi connectivity index (χ1n) is 9.05. The summed E-state index contributed by atoms with van der Waals surface area (Å²) in [5.74, 6) is 2.29. The molecule has 0 spiro atoms. The minimum atomic E-state index is -0.0498. The zero-order valence-electron chi connectivity index (χ0n) is 15.7. The van der Waals surface area contributed by atoms with Crippen molar-refractivity contribution in [2.45, 2.75) is 25.9 Å². The Bertz CT molecular complexity index is 828. The lowest BCUT2D eigenvalue weighted by molar-refractivity contribution is -0.0121. The number of benzene rings is 1. The van der Waals surface area contributed by atoms with Crippen molar-refractivity contribution in [3.05, 3.63) is 23.5 Å². The van der Waals surface area contributed by atoms with Gasteiger partial charge in [0.05, 0.1) is 20.3 Å². The third-order valence-electron chi connectivity index (χ3n) is 5.95. The number of ether oxygens (including phenoxy) is 3. The van der Waals surface area contributed by atoms with E-state index in [1.807, 2.05) is 24.0 Å². The molecular weight excluding hydrogens is 334 g/mol. The van der Waals surface area contributed by atoms with Crippen LogP contribution in [0.3, 0.4) is 0 Å². The highest BCUT2D eigenvalue weighted by Gasteiger charge is 2.44. The van der Waals surface area contributed by atoms with Crippen molar-refractivity contribution in [2.75, 3.05) is 34.4 Å². The van der Waals surface area contributed by atoms with E-state index in [2.05, 4.69) is 0 Å². The molecule has 0 N–H and O–H groups in total. The molecule has 1 amide bonds. The number of hydrogen-bond acceptors (Lipinski definition) is 5. The number of furan rings is 1. The number of hydrogen-bond donors (Lipinski definition) is 0. The summed E-state index contributed by atoms with van der Waals surface area (Å²) in [7, 11) is 4.93. The molecule has 2 heterocycles. The summed E-state index contributed by atoms with van der Waals surface area (Å²) < 4.78 is 22.4. The second kappa shape index (κ2) is 6.50. The van der Waals surface area contributed by atoms with Gasteiger partial charge in [0.25, 0.3) is 5.91 Å². The standard InChI is InChI=1S/C20H25NO5/c1-11-14-7-8-15(23-2)19(25-4)18(14)26-16(11)20(22)21-9-12-5-6-13(10-21)17(12)24-3/h7-8,12-13,17H,5-6,9-10H2,1-4H3/t12-,13+,17?. The average molecular weight is 359 g/mol. The van der Waals surface area contributed by atoms with Crippen LogP contribution in [0.4, 0.5) is 0 Å². The number of rotatable bonds is 4. The predicted molar refractivity (Wildman–Crippen MR) is 97.0 cm³/mol. The number of piperidine rings is 1. The van der Waals surface area contributed by atoms with Gasteiger partial charge >= 0.3 is 0 Å². The van der Waals surface area contributed by atoms with Gasteiger partial charge in [0.2, 0.25) is 5.75 Å². The van der Waals surface area contributed by atoms with E-state index < -0.39 is 0 Å². The maximum absolute atomic E-state index is 13.2. The first kappa shape index (κ1) is 17.2. The van der Waals surface area contributed by atoms with Gasteiger partial charge in [0.15, 0.2) is 17.1 Å². The summed E-state index contributed by atoms with van der Waals surface area (Å²) in [5, 5.41) is 0.876. The maximum Gasteiger partial charge on any atom is 0.289 e. The van der Waals surface area contributed by atoms with Crippen molar-refractivity contribution >= 4 is 16.9 Å². The Morgan fingerprint density at radius 2 is 1.81 bits per heavy atom. The van der Waals surface area contributed by atoms with E-state index in [9.17, 15) is 4.79 Å². The molecular formula is C20H25NO5. The number of methoxy groups -OCH3 is 3. The Morgan fingerprint density at radius 3 is 2.38 bits per heavy atom. The van der Waals surface area contributed by atoms with Crippen LogP contribution in [0.15, 0.2) is 16.5 Å². The highest BCUT2D eigenvalue weighted by atomic mass is 16.5. The lowest BCUT2D eigenvalue weighted by atomic mass is 9.94. The minimum absolute atomic E-state index is 0.0498. The molecule has 1 saturated heterocycles. The molecule has 140 valence electrons. The van der Waals surface area contributed by atoms with Gasteiger partial charge < -0.3 is 23.5 Å². The summed E-state index contributed by atoms with van der Waals surface area (Å²) in [6.07, 6.45) is 2.52. The van der Waals surface area contributed by atoms with Crippen LogP contribution in [0.5, 0.6) is 11.5 Å². The summed E-state index contributed by atoms with van der Waals surface area (Å²) in [6.45, 7) is 3.37. The molecule has 1 unspecified atom stereocenters. The van der Waals surface area contributed by atoms with Crippen molar-refractivity contribution < 1.29 is 23.4 Å². The summed E-state index contributed by atoms with van der Waals surface area (Å²) in [6, 6.07) is 3.75. The van der Waals surface area contributed by atoms with Gasteiger partial charge in [0.1, 0.15) is 0 Å². The van der Waals surface area contributed by atoms with Crippen molar-refractivity contribution in [3.8, 4) is 11.5 Å². The maximum atomic E-state index is 13.2. The van der Waals surface area contributed by atoms with Crippen LogP contribution in [0, 0.1) is 18.8 Å². The van der Waals surface area contributed by atoms with Gasteiger partial charge in [-0.2, -0.15) is 0 Å². The lowest BCUT2D eigenvalue weighted by Gasteiger charge is -2.36. The Balaban J connectivity index is 1.69. The van der Waals surface area contributed by atoms with E-state index in [0.29, 0.717) is 34.7 Å². The van der Waals surface area contributed by atoms with Crippen LogP contribution < -0.4 is 9.47 Å². The SMILES string of the molecule is COc1ccc2c(C)c(C(=O)N3C[C@H]4CC[C@@H](C3)C4OC)oc2c1OC. The van der Waals surface area contributed by atoms with E-state index in [4.69, 9.17) is 18.6 Å². The molecule has 2 bridgehead atoms. The smallest absolute Gasteiger partial charge is 0.289 e. The van der Waals surface area contributed by atoms with E-state index in [0.717, 1.165) is 36.9 Å². The van der Waals surface area contributed by atoms with E-state index in [-0.39, 0.29) is 12.0 Å². The monoisotopic (exact) mass is 359 g/mol. The Morgan fingerprint density at radius 1 is 1.12 bits per heavy atom. The fourth-order valence-electron chi connectivity index (χ4n) is 4.67. The highest BCUT2D eigenvalue weighted by Crippen LogP contribution is 2.41. The van der Waals surface area contributed by atoms with Gasteiger partial charge in [-0.3, -0.25) is 4.79 Å². The molecule has 2 fully saturated rings.